The van der Waals surface area contributed by atoms with Crippen molar-refractivity contribution in [3.63, 3.8) is 0 Å². The molecule has 0 saturated heterocycles. The number of carbonyl (C=O) groups excluding carboxylic acids is 1. The molecule has 0 aromatic heterocycles. The molecule has 0 fully saturated rings. The van der Waals surface area contributed by atoms with Crippen molar-refractivity contribution >= 4 is 32.6 Å². The maximum Gasteiger partial charge on any atom is 0.227 e. The van der Waals surface area contributed by atoms with E-state index in [-0.39, 0.29) is 5.91 Å². The highest BCUT2D eigenvalue weighted by Crippen LogP contribution is 2.16. The van der Waals surface area contributed by atoms with Crippen molar-refractivity contribution < 1.29 is 9.53 Å². The van der Waals surface area contributed by atoms with Crippen LogP contribution in [0.3, 0.4) is 0 Å². The number of carbonyl (C=O) groups is 1. The van der Waals surface area contributed by atoms with Crippen molar-refractivity contribution in [3.8, 4) is 0 Å². The van der Waals surface area contributed by atoms with Gasteiger partial charge >= 0.3 is 0 Å². The van der Waals surface area contributed by atoms with Crippen LogP contribution in [-0.2, 0) is 16.0 Å². The van der Waals surface area contributed by atoms with E-state index < -0.39 is 0 Å². The lowest BCUT2D eigenvalue weighted by Crippen LogP contribution is -2.36. The van der Waals surface area contributed by atoms with Crippen molar-refractivity contribution in [3.05, 3.63) is 48.0 Å². The van der Waals surface area contributed by atoms with Gasteiger partial charge in [0.1, 0.15) is 0 Å². The summed E-state index contributed by atoms with van der Waals surface area (Å²) >= 11 is 3.39. The summed E-state index contributed by atoms with van der Waals surface area (Å²) in [6.45, 7) is 1.90. The molecule has 0 aliphatic heterocycles. The zero-order valence-electron chi connectivity index (χ0n) is 12.2. The van der Waals surface area contributed by atoms with Crippen molar-refractivity contribution in [1.29, 1.82) is 0 Å². The zero-order chi connectivity index (χ0) is 15.1. The van der Waals surface area contributed by atoms with E-state index in [1.807, 2.05) is 23.1 Å². The number of hydrogen-bond donors (Lipinski definition) is 0. The number of methoxy groups -OCH3 is 1. The van der Waals surface area contributed by atoms with Crippen LogP contribution >= 0.6 is 15.9 Å². The Kier molecular flexibility index (Phi) is 6.21. The number of fused-ring (bicyclic) bond motifs is 1. The standard InChI is InChI=1S/C17H20BrNO2/c1-21-11-10-19(9-8-18)17(20)13-14-6-7-15-4-2-3-5-16(15)12-14/h2-7,12H,8-11,13H2,1H3. The predicted molar refractivity (Wildman–Crippen MR) is 89.9 cm³/mol. The van der Waals surface area contributed by atoms with Crippen LogP contribution in [0.2, 0.25) is 0 Å². The lowest BCUT2D eigenvalue weighted by atomic mass is 10.0. The number of alkyl halides is 1. The minimum absolute atomic E-state index is 0.141. The van der Waals surface area contributed by atoms with Crippen LogP contribution in [0.4, 0.5) is 0 Å². The predicted octanol–water partition coefficient (Wildman–Crippen LogP) is 3.25. The highest BCUT2D eigenvalue weighted by Gasteiger charge is 2.13. The average Bonchev–Trinajstić information content (AvgIpc) is 2.51. The maximum atomic E-state index is 12.4. The van der Waals surface area contributed by atoms with Crippen LogP contribution in [0.25, 0.3) is 10.8 Å². The summed E-state index contributed by atoms with van der Waals surface area (Å²) in [5.74, 6) is 0.141. The molecule has 0 heterocycles. The second kappa shape index (κ2) is 8.15. The molecule has 0 bridgehead atoms. The van der Waals surface area contributed by atoms with Gasteiger partial charge in [-0.05, 0) is 16.3 Å². The first kappa shape index (κ1) is 16.0. The van der Waals surface area contributed by atoms with Gasteiger partial charge in [-0.2, -0.15) is 0 Å². The lowest BCUT2D eigenvalue weighted by molar-refractivity contribution is -0.130. The Balaban J connectivity index is 2.08. The third-order valence-corrected chi connectivity index (χ3v) is 3.80. The molecule has 2 rings (SSSR count). The third kappa shape index (κ3) is 4.55. The monoisotopic (exact) mass is 349 g/mol. The van der Waals surface area contributed by atoms with Crippen LogP contribution in [-0.4, -0.2) is 42.9 Å². The van der Waals surface area contributed by atoms with Gasteiger partial charge in [-0.25, -0.2) is 0 Å². The van der Waals surface area contributed by atoms with Gasteiger partial charge in [-0.3, -0.25) is 4.79 Å². The smallest absolute Gasteiger partial charge is 0.227 e. The number of amides is 1. The van der Waals surface area contributed by atoms with Crippen molar-refractivity contribution in [1.82, 2.24) is 4.90 Å². The fourth-order valence-electron chi connectivity index (χ4n) is 2.30. The Bertz CT molecular complexity index is 600. The first-order valence-electron chi connectivity index (χ1n) is 7.05. The van der Waals surface area contributed by atoms with Gasteiger partial charge in [0.15, 0.2) is 0 Å². The molecule has 0 saturated carbocycles. The Hall–Kier alpha value is -1.39. The van der Waals surface area contributed by atoms with Gasteiger partial charge in [0, 0.05) is 25.5 Å². The highest BCUT2D eigenvalue weighted by molar-refractivity contribution is 9.09. The molecule has 0 spiro atoms. The molecule has 112 valence electrons. The van der Waals surface area contributed by atoms with Crippen molar-refractivity contribution in [2.24, 2.45) is 0 Å². The van der Waals surface area contributed by atoms with E-state index in [4.69, 9.17) is 4.74 Å². The SMILES string of the molecule is COCCN(CCBr)C(=O)Cc1ccc2ccccc2c1. The van der Waals surface area contributed by atoms with Gasteiger partial charge in [-0.1, -0.05) is 58.4 Å². The normalized spacial score (nSPS) is 10.8. The van der Waals surface area contributed by atoms with E-state index in [1.54, 1.807) is 7.11 Å². The van der Waals surface area contributed by atoms with Gasteiger partial charge in [0.05, 0.1) is 13.0 Å². The van der Waals surface area contributed by atoms with Gasteiger partial charge in [0.2, 0.25) is 5.91 Å². The minimum Gasteiger partial charge on any atom is -0.383 e. The first-order valence-corrected chi connectivity index (χ1v) is 8.17. The number of nitrogens with zero attached hydrogens (tertiary/aromatic N) is 1. The summed E-state index contributed by atoms with van der Waals surface area (Å²) in [5.41, 5.74) is 1.05. The van der Waals surface area contributed by atoms with Gasteiger partial charge in [0.25, 0.3) is 0 Å². The molecule has 0 radical (unpaired) electrons. The lowest BCUT2D eigenvalue weighted by Gasteiger charge is -2.21. The molecule has 0 N–H and O–H groups in total. The zero-order valence-corrected chi connectivity index (χ0v) is 13.8. The quantitative estimate of drug-likeness (QED) is 0.718. The Morgan fingerprint density at radius 3 is 2.62 bits per heavy atom. The van der Waals surface area contributed by atoms with Gasteiger partial charge in [-0.15, -0.1) is 0 Å². The molecule has 21 heavy (non-hydrogen) atoms. The second-order valence-corrected chi connectivity index (χ2v) is 5.71. The topological polar surface area (TPSA) is 29.5 Å². The van der Waals surface area contributed by atoms with Crippen LogP contribution in [0, 0.1) is 0 Å². The van der Waals surface area contributed by atoms with Crippen LogP contribution in [0.5, 0.6) is 0 Å². The molecule has 4 heteroatoms. The number of halogens is 1. The molecule has 0 aliphatic rings. The Morgan fingerprint density at radius 2 is 1.90 bits per heavy atom. The number of benzene rings is 2. The van der Waals surface area contributed by atoms with Crippen LogP contribution in [0.1, 0.15) is 5.56 Å². The molecule has 0 atom stereocenters. The fraction of sp³-hybridized carbons (Fsp3) is 0.353. The van der Waals surface area contributed by atoms with Crippen LogP contribution < -0.4 is 0 Å². The third-order valence-electron chi connectivity index (χ3n) is 3.44. The van der Waals surface area contributed by atoms with Gasteiger partial charge < -0.3 is 9.64 Å². The molecule has 2 aromatic rings. The minimum atomic E-state index is 0.141. The molecule has 0 unspecified atom stereocenters. The molecule has 1 amide bonds. The fourth-order valence-corrected chi connectivity index (χ4v) is 2.73. The van der Waals surface area contributed by atoms with Crippen LogP contribution in [0.15, 0.2) is 42.5 Å². The van der Waals surface area contributed by atoms with Crippen molar-refractivity contribution in [2.75, 3.05) is 32.1 Å². The summed E-state index contributed by atoms with van der Waals surface area (Å²) in [4.78, 5) is 14.2. The first-order chi connectivity index (χ1) is 10.2. The van der Waals surface area contributed by atoms with E-state index in [2.05, 4.69) is 40.2 Å². The van der Waals surface area contributed by atoms with Crippen molar-refractivity contribution in [2.45, 2.75) is 6.42 Å². The molecular weight excluding hydrogens is 330 g/mol. The molecule has 3 nitrogen and oxygen atoms in total. The van der Waals surface area contributed by atoms with E-state index in [0.717, 1.165) is 10.9 Å². The summed E-state index contributed by atoms with van der Waals surface area (Å²) < 4.78 is 5.07. The average molecular weight is 350 g/mol. The summed E-state index contributed by atoms with van der Waals surface area (Å²) in [7, 11) is 1.65. The number of hydrogen-bond acceptors (Lipinski definition) is 2. The van der Waals surface area contributed by atoms with E-state index in [1.165, 1.54) is 10.8 Å². The molecule has 0 aliphatic carbocycles. The molecular formula is C17H20BrNO2. The van der Waals surface area contributed by atoms with E-state index in [9.17, 15) is 4.79 Å². The van der Waals surface area contributed by atoms with E-state index in [0.29, 0.717) is 26.1 Å². The Morgan fingerprint density at radius 1 is 1.14 bits per heavy atom. The maximum absolute atomic E-state index is 12.4. The molecule has 2 aromatic carbocycles. The highest BCUT2D eigenvalue weighted by atomic mass is 79.9. The second-order valence-electron chi connectivity index (χ2n) is 4.92. The summed E-state index contributed by atoms with van der Waals surface area (Å²) in [6.07, 6.45) is 0.432. The summed E-state index contributed by atoms with van der Waals surface area (Å²) in [6, 6.07) is 14.4. The summed E-state index contributed by atoms with van der Waals surface area (Å²) in [5, 5.41) is 3.15. The number of ether oxygens (including phenoxy) is 1. The largest absolute Gasteiger partial charge is 0.383 e. The van der Waals surface area contributed by atoms with E-state index >= 15 is 0 Å². The Labute approximate surface area is 134 Å². The number of rotatable bonds is 7.